The Morgan fingerprint density at radius 2 is 2.05 bits per heavy atom. The van der Waals surface area contributed by atoms with Gasteiger partial charge < -0.3 is 10.1 Å². The summed E-state index contributed by atoms with van der Waals surface area (Å²) in [5.41, 5.74) is 2.29. The second-order valence-electron chi connectivity index (χ2n) is 4.66. The molecule has 1 aromatic heterocycles. The van der Waals surface area contributed by atoms with E-state index >= 15 is 0 Å². The van der Waals surface area contributed by atoms with E-state index in [9.17, 15) is 0 Å². The molecule has 1 aromatic carbocycles. The number of hydrogen-bond acceptors (Lipinski definition) is 3. The van der Waals surface area contributed by atoms with Crippen LogP contribution in [0.15, 0.2) is 30.5 Å². The zero-order valence-corrected chi connectivity index (χ0v) is 12.8. The molecule has 1 N–H and O–H groups in total. The lowest BCUT2D eigenvalue weighted by molar-refractivity contribution is 0.394. The van der Waals surface area contributed by atoms with Crippen LogP contribution in [0.25, 0.3) is 0 Å². The number of nitrogens with zero attached hydrogens (tertiary/aromatic N) is 2. The first kappa shape index (κ1) is 14.9. The lowest BCUT2D eigenvalue weighted by Gasteiger charge is -2.19. The second-order valence-corrected chi connectivity index (χ2v) is 5.10. The average molecular weight is 294 g/mol. The zero-order chi connectivity index (χ0) is 14.5. The normalized spacial score (nSPS) is 12.4. The average Bonchev–Trinajstić information content (AvgIpc) is 2.82. The molecular formula is C15H20ClN3O. The Labute approximate surface area is 124 Å². The largest absolute Gasteiger partial charge is 0.493 e. The first-order valence-electron chi connectivity index (χ1n) is 6.69. The molecule has 0 aliphatic heterocycles. The molecule has 0 spiro atoms. The minimum Gasteiger partial charge on any atom is -0.493 e. The minimum atomic E-state index is 0.156. The van der Waals surface area contributed by atoms with Crippen LogP contribution in [0.4, 0.5) is 0 Å². The lowest BCUT2D eigenvalue weighted by Crippen LogP contribution is -2.25. The Balaban J connectivity index is 2.26. The van der Waals surface area contributed by atoms with Crippen LogP contribution in [0.5, 0.6) is 5.75 Å². The van der Waals surface area contributed by atoms with Gasteiger partial charge in [-0.25, -0.2) is 0 Å². The third kappa shape index (κ3) is 3.32. The van der Waals surface area contributed by atoms with E-state index in [1.807, 2.05) is 23.9 Å². The highest BCUT2D eigenvalue weighted by molar-refractivity contribution is 6.30. The number of benzene rings is 1. The van der Waals surface area contributed by atoms with Gasteiger partial charge in [0, 0.05) is 12.1 Å². The van der Waals surface area contributed by atoms with E-state index in [-0.39, 0.29) is 6.04 Å². The van der Waals surface area contributed by atoms with Gasteiger partial charge in [-0.2, -0.15) is 5.10 Å². The summed E-state index contributed by atoms with van der Waals surface area (Å²) in [5, 5.41) is 8.52. The van der Waals surface area contributed by atoms with Crippen LogP contribution in [0.1, 0.15) is 24.2 Å². The number of aryl methyl sites for hydroxylation is 1. The molecule has 4 nitrogen and oxygen atoms in total. The fraction of sp³-hybridized carbons (Fsp3) is 0.400. The first-order chi connectivity index (χ1) is 9.65. The van der Waals surface area contributed by atoms with Crippen molar-refractivity contribution in [3.05, 3.63) is 46.7 Å². The fourth-order valence-corrected chi connectivity index (χ4v) is 2.48. The smallest absolute Gasteiger partial charge is 0.161 e. The number of hydrogen-bond donors (Lipinski definition) is 1. The maximum Gasteiger partial charge on any atom is 0.161 e. The van der Waals surface area contributed by atoms with Crippen molar-refractivity contribution in [3.63, 3.8) is 0 Å². The Bertz CT molecular complexity index is 551. The molecule has 0 fully saturated rings. The van der Waals surface area contributed by atoms with E-state index in [4.69, 9.17) is 16.3 Å². The molecule has 5 heteroatoms. The highest BCUT2D eigenvalue weighted by Crippen LogP contribution is 2.27. The quantitative estimate of drug-likeness (QED) is 0.890. The SMILES string of the molecule is CCNC(Cc1ccc(Cl)cc1)c1c(OC)cnn1C. The summed E-state index contributed by atoms with van der Waals surface area (Å²) in [5.74, 6) is 0.812. The van der Waals surface area contributed by atoms with Crippen molar-refractivity contribution < 1.29 is 4.74 Å². The van der Waals surface area contributed by atoms with Gasteiger partial charge in [0.05, 0.1) is 25.0 Å². The third-order valence-corrected chi connectivity index (χ3v) is 3.55. The van der Waals surface area contributed by atoms with Crippen LogP contribution in [-0.2, 0) is 13.5 Å². The van der Waals surface area contributed by atoms with E-state index in [2.05, 4.69) is 29.5 Å². The molecule has 0 aliphatic rings. The predicted molar refractivity (Wildman–Crippen MR) is 81.3 cm³/mol. The summed E-state index contributed by atoms with van der Waals surface area (Å²) in [6, 6.07) is 8.09. The van der Waals surface area contributed by atoms with E-state index in [0.717, 1.165) is 29.4 Å². The van der Waals surface area contributed by atoms with Crippen LogP contribution in [0.2, 0.25) is 5.02 Å². The van der Waals surface area contributed by atoms with Crippen molar-refractivity contribution in [2.75, 3.05) is 13.7 Å². The summed E-state index contributed by atoms with van der Waals surface area (Å²) in [6.45, 7) is 2.98. The van der Waals surface area contributed by atoms with E-state index in [1.165, 1.54) is 5.56 Å². The molecule has 1 atom stereocenters. The molecule has 0 saturated heterocycles. The van der Waals surface area contributed by atoms with Gasteiger partial charge in [0.15, 0.2) is 5.75 Å². The van der Waals surface area contributed by atoms with E-state index in [1.54, 1.807) is 13.3 Å². The number of nitrogens with one attached hydrogen (secondary N) is 1. The number of rotatable bonds is 6. The summed E-state index contributed by atoms with van der Waals surface area (Å²) in [4.78, 5) is 0. The molecular weight excluding hydrogens is 274 g/mol. The van der Waals surface area contributed by atoms with Gasteiger partial charge >= 0.3 is 0 Å². The van der Waals surface area contributed by atoms with Crippen LogP contribution in [-0.4, -0.2) is 23.4 Å². The molecule has 2 aromatic rings. The van der Waals surface area contributed by atoms with Crippen LogP contribution >= 0.6 is 11.6 Å². The highest BCUT2D eigenvalue weighted by Gasteiger charge is 2.20. The van der Waals surface area contributed by atoms with Crippen molar-refractivity contribution in [3.8, 4) is 5.75 Å². The lowest BCUT2D eigenvalue weighted by atomic mass is 10.0. The number of methoxy groups -OCH3 is 1. The maximum atomic E-state index is 5.93. The fourth-order valence-electron chi connectivity index (χ4n) is 2.35. The molecule has 0 saturated carbocycles. The van der Waals surface area contributed by atoms with Crippen molar-refractivity contribution in [1.82, 2.24) is 15.1 Å². The molecule has 0 radical (unpaired) electrons. The van der Waals surface area contributed by atoms with Gasteiger partial charge in [0.2, 0.25) is 0 Å². The summed E-state index contributed by atoms with van der Waals surface area (Å²) in [7, 11) is 3.61. The zero-order valence-electron chi connectivity index (χ0n) is 12.1. The van der Waals surface area contributed by atoms with Crippen LogP contribution in [0, 0.1) is 0 Å². The topological polar surface area (TPSA) is 39.1 Å². The summed E-state index contributed by atoms with van der Waals surface area (Å²) >= 11 is 5.93. The maximum absolute atomic E-state index is 5.93. The molecule has 1 heterocycles. The molecule has 0 aliphatic carbocycles. The molecule has 108 valence electrons. The number of ether oxygens (including phenoxy) is 1. The molecule has 1 unspecified atom stereocenters. The van der Waals surface area contributed by atoms with Gasteiger partial charge in [-0.3, -0.25) is 4.68 Å². The number of halogens is 1. The van der Waals surface area contributed by atoms with Gasteiger partial charge in [-0.15, -0.1) is 0 Å². The first-order valence-corrected chi connectivity index (χ1v) is 7.07. The standard InChI is InChI=1S/C15H20ClN3O/c1-4-17-13(9-11-5-7-12(16)8-6-11)15-14(20-3)10-18-19(15)2/h5-8,10,13,17H,4,9H2,1-3H3. The summed E-state index contributed by atoms with van der Waals surface area (Å²) < 4.78 is 7.27. The van der Waals surface area contributed by atoms with Gasteiger partial charge in [0.1, 0.15) is 0 Å². The van der Waals surface area contributed by atoms with Crippen LogP contribution in [0.3, 0.4) is 0 Å². The van der Waals surface area contributed by atoms with E-state index in [0.29, 0.717) is 0 Å². The van der Waals surface area contributed by atoms with Crippen molar-refractivity contribution >= 4 is 11.6 Å². The Morgan fingerprint density at radius 1 is 1.35 bits per heavy atom. The second kappa shape index (κ2) is 6.77. The Morgan fingerprint density at radius 3 is 2.65 bits per heavy atom. The third-order valence-electron chi connectivity index (χ3n) is 3.30. The van der Waals surface area contributed by atoms with Crippen molar-refractivity contribution in [2.24, 2.45) is 7.05 Å². The summed E-state index contributed by atoms with van der Waals surface area (Å²) in [6.07, 6.45) is 2.61. The van der Waals surface area contributed by atoms with E-state index < -0.39 is 0 Å². The molecule has 0 bridgehead atoms. The molecule has 0 amide bonds. The van der Waals surface area contributed by atoms with Crippen molar-refractivity contribution in [2.45, 2.75) is 19.4 Å². The Kier molecular flexibility index (Phi) is 5.04. The molecule has 20 heavy (non-hydrogen) atoms. The predicted octanol–water partition coefficient (Wildman–Crippen LogP) is 2.98. The van der Waals surface area contributed by atoms with Crippen molar-refractivity contribution in [1.29, 1.82) is 0 Å². The monoisotopic (exact) mass is 293 g/mol. The van der Waals surface area contributed by atoms with Gasteiger partial charge in [-0.1, -0.05) is 30.7 Å². The highest BCUT2D eigenvalue weighted by atomic mass is 35.5. The number of likely N-dealkylation sites (N-methyl/N-ethyl adjacent to an activating group) is 1. The Hall–Kier alpha value is -1.52. The van der Waals surface area contributed by atoms with Gasteiger partial charge in [-0.05, 0) is 30.7 Å². The minimum absolute atomic E-state index is 0.156. The number of aromatic nitrogens is 2. The van der Waals surface area contributed by atoms with Crippen LogP contribution < -0.4 is 10.1 Å². The van der Waals surface area contributed by atoms with Gasteiger partial charge in [0.25, 0.3) is 0 Å². The molecule has 2 rings (SSSR count).